The molecule has 0 fully saturated rings. The topological polar surface area (TPSA) is 12.9 Å². The van der Waals surface area contributed by atoms with Crippen LogP contribution in [0.2, 0.25) is 0 Å². The highest BCUT2D eigenvalue weighted by atomic mass is 127. The van der Waals surface area contributed by atoms with Crippen LogP contribution in [0.25, 0.3) is 0 Å². The fourth-order valence-corrected chi connectivity index (χ4v) is 0.907. The van der Waals surface area contributed by atoms with Gasteiger partial charge in [-0.1, -0.05) is 0 Å². The van der Waals surface area contributed by atoms with Crippen LogP contribution in [-0.4, -0.2) is 4.98 Å². The maximum atomic E-state index is 12.5. The lowest BCUT2D eigenvalue weighted by atomic mass is 10.3. The van der Waals surface area contributed by atoms with E-state index in [1.165, 1.54) is 12.3 Å². The first-order valence-corrected chi connectivity index (χ1v) is 3.56. The number of hydrogen-bond donors (Lipinski definition) is 0. The summed E-state index contributed by atoms with van der Waals surface area (Å²) in [5.41, 5.74) is 0.623. The number of hydrogen-bond acceptors (Lipinski definition) is 1. The first-order chi connectivity index (χ1) is 4.22. The molecule has 0 unspecified atom stereocenters. The standard InChI is InChI=1S/C6H5FIN/c1-4-5(7)2-3-9-6(4)8/h2-3H,1H3. The molecule has 3 heteroatoms. The van der Waals surface area contributed by atoms with Gasteiger partial charge in [-0.2, -0.15) is 0 Å². The summed E-state index contributed by atoms with van der Waals surface area (Å²) in [7, 11) is 0. The molecular weight excluding hydrogens is 232 g/mol. The van der Waals surface area contributed by atoms with Crippen molar-refractivity contribution in [2.45, 2.75) is 6.92 Å². The van der Waals surface area contributed by atoms with Gasteiger partial charge in [0.1, 0.15) is 9.52 Å². The first kappa shape index (κ1) is 6.92. The van der Waals surface area contributed by atoms with E-state index in [9.17, 15) is 4.39 Å². The maximum Gasteiger partial charge on any atom is 0.130 e. The molecule has 0 radical (unpaired) electrons. The molecule has 0 amide bonds. The maximum absolute atomic E-state index is 12.5. The third-order valence-electron chi connectivity index (χ3n) is 1.08. The van der Waals surface area contributed by atoms with Crippen molar-refractivity contribution in [3.8, 4) is 0 Å². The van der Waals surface area contributed by atoms with E-state index in [1.807, 2.05) is 22.6 Å². The fourth-order valence-electron chi connectivity index (χ4n) is 0.489. The SMILES string of the molecule is Cc1c(F)ccnc1I. The van der Waals surface area contributed by atoms with Crippen molar-refractivity contribution in [1.82, 2.24) is 4.98 Å². The molecule has 1 aromatic rings. The Labute approximate surface area is 66.4 Å². The molecule has 0 aromatic carbocycles. The van der Waals surface area contributed by atoms with Gasteiger partial charge in [0.15, 0.2) is 0 Å². The summed E-state index contributed by atoms with van der Waals surface area (Å²) < 4.78 is 13.3. The zero-order chi connectivity index (χ0) is 6.85. The zero-order valence-electron chi connectivity index (χ0n) is 4.86. The van der Waals surface area contributed by atoms with Crippen LogP contribution >= 0.6 is 22.6 Å². The molecule has 0 N–H and O–H groups in total. The first-order valence-electron chi connectivity index (χ1n) is 2.48. The molecular formula is C6H5FIN. The zero-order valence-corrected chi connectivity index (χ0v) is 7.02. The lowest BCUT2D eigenvalue weighted by Gasteiger charge is -1.94. The van der Waals surface area contributed by atoms with E-state index in [-0.39, 0.29) is 5.82 Å². The Morgan fingerprint density at radius 2 is 2.33 bits per heavy atom. The van der Waals surface area contributed by atoms with E-state index in [4.69, 9.17) is 0 Å². The van der Waals surface area contributed by atoms with Gasteiger partial charge in [0.05, 0.1) is 0 Å². The number of nitrogens with zero attached hydrogens (tertiary/aromatic N) is 1. The van der Waals surface area contributed by atoms with Crippen LogP contribution in [0.4, 0.5) is 4.39 Å². The van der Waals surface area contributed by atoms with Crippen molar-refractivity contribution < 1.29 is 4.39 Å². The van der Waals surface area contributed by atoms with Crippen LogP contribution in [0.15, 0.2) is 12.3 Å². The van der Waals surface area contributed by atoms with Gasteiger partial charge in [0.25, 0.3) is 0 Å². The van der Waals surface area contributed by atoms with Gasteiger partial charge in [0, 0.05) is 11.8 Å². The number of rotatable bonds is 0. The molecule has 1 nitrogen and oxygen atoms in total. The average molecular weight is 237 g/mol. The second kappa shape index (κ2) is 2.60. The van der Waals surface area contributed by atoms with E-state index in [0.29, 0.717) is 5.56 Å². The second-order valence-electron chi connectivity index (χ2n) is 1.71. The lowest BCUT2D eigenvalue weighted by Crippen LogP contribution is -1.88. The van der Waals surface area contributed by atoms with Crippen LogP contribution in [0.1, 0.15) is 5.56 Å². The number of pyridine rings is 1. The largest absolute Gasteiger partial charge is 0.250 e. The van der Waals surface area contributed by atoms with Gasteiger partial charge in [-0.3, -0.25) is 0 Å². The van der Waals surface area contributed by atoms with Gasteiger partial charge >= 0.3 is 0 Å². The third-order valence-corrected chi connectivity index (χ3v) is 2.16. The summed E-state index contributed by atoms with van der Waals surface area (Å²) >= 11 is 2.00. The van der Waals surface area contributed by atoms with E-state index in [2.05, 4.69) is 4.98 Å². The Bertz CT molecular complexity index is 204. The Morgan fingerprint density at radius 1 is 1.67 bits per heavy atom. The smallest absolute Gasteiger partial charge is 0.130 e. The van der Waals surface area contributed by atoms with Crippen LogP contribution in [0.3, 0.4) is 0 Å². The third kappa shape index (κ3) is 1.38. The minimum Gasteiger partial charge on any atom is -0.250 e. The van der Waals surface area contributed by atoms with Gasteiger partial charge in [-0.25, -0.2) is 9.37 Å². The van der Waals surface area contributed by atoms with E-state index in [0.717, 1.165) is 3.70 Å². The van der Waals surface area contributed by atoms with E-state index < -0.39 is 0 Å². The minimum absolute atomic E-state index is 0.186. The Balaban J connectivity index is 3.25. The van der Waals surface area contributed by atoms with Gasteiger partial charge < -0.3 is 0 Å². The van der Waals surface area contributed by atoms with Gasteiger partial charge in [-0.15, -0.1) is 0 Å². The molecule has 1 aromatic heterocycles. The second-order valence-corrected chi connectivity index (χ2v) is 2.73. The summed E-state index contributed by atoms with van der Waals surface area (Å²) in [6, 6.07) is 1.36. The molecule has 1 rings (SSSR count). The molecule has 0 saturated carbocycles. The molecule has 9 heavy (non-hydrogen) atoms. The van der Waals surface area contributed by atoms with Crippen molar-refractivity contribution in [3.63, 3.8) is 0 Å². The summed E-state index contributed by atoms with van der Waals surface area (Å²) in [5, 5.41) is 0. The summed E-state index contributed by atoms with van der Waals surface area (Å²) in [6.45, 7) is 1.71. The van der Waals surface area contributed by atoms with Crippen LogP contribution in [0, 0.1) is 16.4 Å². The predicted molar refractivity (Wildman–Crippen MR) is 41.6 cm³/mol. The Kier molecular flexibility index (Phi) is 2.00. The molecule has 0 aliphatic rings. The lowest BCUT2D eigenvalue weighted by molar-refractivity contribution is 0.614. The van der Waals surface area contributed by atoms with Crippen LogP contribution < -0.4 is 0 Å². The molecule has 48 valence electrons. The van der Waals surface area contributed by atoms with Crippen molar-refractivity contribution in [2.75, 3.05) is 0 Å². The fraction of sp³-hybridized carbons (Fsp3) is 0.167. The Hall–Kier alpha value is -0.190. The number of halogens is 2. The van der Waals surface area contributed by atoms with E-state index in [1.54, 1.807) is 6.92 Å². The highest BCUT2D eigenvalue weighted by Gasteiger charge is 1.98. The highest BCUT2D eigenvalue weighted by Crippen LogP contribution is 2.10. The van der Waals surface area contributed by atoms with Crippen LogP contribution in [0.5, 0.6) is 0 Å². The van der Waals surface area contributed by atoms with Crippen LogP contribution in [-0.2, 0) is 0 Å². The molecule has 0 saturated heterocycles. The summed E-state index contributed by atoms with van der Waals surface area (Å²) in [6.07, 6.45) is 1.46. The average Bonchev–Trinajstić information content (AvgIpc) is 1.83. The Morgan fingerprint density at radius 3 is 2.78 bits per heavy atom. The van der Waals surface area contributed by atoms with E-state index >= 15 is 0 Å². The molecule has 0 bridgehead atoms. The van der Waals surface area contributed by atoms with Crippen molar-refractivity contribution in [2.24, 2.45) is 0 Å². The molecule has 0 atom stereocenters. The monoisotopic (exact) mass is 237 g/mol. The number of aromatic nitrogens is 1. The van der Waals surface area contributed by atoms with Crippen molar-refractivity contribution in [1.29, 1.82) is 0 Å². The molecule has 0 aliphatic carbocycles. The highest BCUT2D eigenvalue weighted by molar-refractivity contribution is 14.1. The van der Waals surface area contributed by atoms with Crippen molar-refractivity contribution >= 4 is 22.6 Å². The predicted octanol–water partition coefficient (Wildman–Crippen LogP) is 2.13. The molecule has 0 spiro atoms. The summed E-state index contributed by atoms with van der Waals surface area (Å²) in [5.74, 6) is -0.186. The quantitative estimate of drug-likeness (QED) is 0.497. The molecule has 0 aliphatic heterocycles. The minimum atomic E-state index is -0.186. The van der Waals surface area contributed by atoms with Crippen molar-refractivity contribution in [3.05, 3.63) is 27.3 Å². The van der Waals surface area contributed by atoms with Gasteiger partial charge in [0.2, 0.25) is 0 Å². The summed E-state index contributed by atoms with van der Waals surface area (Å²) in [4.78, 5) is 3.89. The molecule has 1 heterocycles. The van der Waals surface area contributed by atoms with Gasteiger partial charge in [-0.05, 0) is 35.6 Å². The normalized spacial score (nSPS) is 9.67.